The van der Waals surface area contributed by atoms with E-state index in [0.717, 1.165) is 19.5 Å². The third-order valence-corrected chi connectivity index (χ3v) is 8.09. The fourth-order valence-corrected chi connectivity index (χ4v) is 5.75. The van der Waals surface area contributed by atoms with E-state index in [9.17, 15) is 13.2 Å². The molecule has 0 aromatic heterocycles. The first-order chi connectivity index (χ1) is 13.9. The number of rotatable bonds is 8. The molecule has 162 valence electrons. The van der Waals surface area contributed by atoms with Gasteiger partial charge in [0.15, 0.2) is 0 Å². The normalized spacial score (nSPS) is 19.9. The first kappa shape index (κ1) is 22.5. The molecule has 2 heterocycles. The van der Waals surface area contributed by atoms with Gasteiger partial charge in [0.05, 0.1) is 4.90 Å². The van der Waals surface area contributed by atoms with Crippen molar-refractivity contribution in [3.05, 3.63) is 29.3 Å². The number of amides is 1. The van der Waals surface area contributed by atoms with Crippen LogP contribution in [0.2, 0.25) is 5.02 Å². The van der Waals surface area contributed by atoms with Crippen molar-refractivity contribution in [1.82, 2.24) is 14.5 Å². The molecular formula is C21H32ClN3O3S. The Labute approximate surface area is 179 Å². The lowest BCUT2D eigenvalue weighted by Crippen LogP contribution is -2.39. The van der Waals surface area contributed by atoms with Gasteiger partial charge in [0.1, 0.15) is 0 Å². The number of benzene rings is 1. The number of carbonyl (C=O) groups is 1. The van der Waals surface area contributed by atoms with Crippen LogP contribution in [-0.4, -0.2) is 62.8 Å². The molecule has 0 bridgehead atoms. The predicted molar refractivity (Wildman–Crippen MR) is 115 cm³/mol. The zero-order valence-corrected chi connectivity index (χ0v) is 18.6. The van der Waals surface area contributed by atoms with E-state index in [4.69, 9.17) is 11.6 Å². The molecule has 1 amide bonds. The van der Waals surface area contributed by atoms with Crippen molar-refractivity contribution in [2.45, 2.75) is 49.8 Å². The van der Waals surface area contributed by atoms with Crippen LogP contribution >= 0.6 is 11.6 Å². The van der Waals surface area contributed by atoms with Crippen LogP contribution in [-0.2, 0) is 14.8 Å². The minimum absolute atomic E-state index is 0.0858. The lowest BCUT2D eigenvalue weighted by atomic mass is 9.94. The highest BCUT2D eigenvalue weighted by atomic mass is 35.5. The van der Waals surface area contributed by atoms with Gasteiger partial charge in [-0.25, -0.2) is 8.42 Å². The highest BCUT2D eigenvalue weighted by Crippen LogP contribution is 2.26. The van der Waals surface area contributed by atoms with Gasteiger partial charge in [-0.2, -0.15) is 4.31 Å². The van der Waals surface area contributed by atoms with E-state index in [2.05, 4.69) is 10.2 Å². The molecule has 1 aromatic rings. The molecule has 1 N–H and O–H groups in total. The fourth-order valence-electron chi connectivity index (χ4n) is 4.16. The minimum atomic E-state index is -3.49. The van der Waals surface area contributed by atoms with Crippen LogP contribution in [0, 0.1) is 5.92 Å². The maximum atomic E-state index is 12.7. The van der Waals surface area contributed by atoms with Crippen LogP contribution < -0.4 is 5.32 Å². The number of piperidine rings is 2. The summed E-state index contributed by atoms with van der Waals surface area (Å²) in [4.78, 5) is 15.0. The van der Waals surface area contributed by atoms with Gasteiger partial charge < -0.3 is 10.2 Å². The zero-order valence-electron chi connectivity index (χ0n) is 17.0. The molecule has 0 unspecified atom stereocenters. The van der Waals surface area contributed by atoms with E-state index in [1.807, 2.05) is 0 Å². The summed E-state index contributed by atoms with van der Waals surface area (Å²) in [6, 6.07) is 6.27. The minimum Gasteiger partial charge on any atom is -0.356 e. The zero-order chi connectivity index (χ0) is 20.7. The van der Waals surface area contributed by atoms with Gasteiger partial charge in [0, 0.05) is 31.1 Å². The Bertz CT molecular complexity index is 756. The van der Waals surface area contributed by atoms with Gasteiger partial charge in [0.2, 0.25) is 15.9 Å². The summed E-state index contributed by atoms with van der Waals surface area (Å²) >= 11 is 5.85. The molecule has 29 heavy (non-hydrogen) atoms. The van der Waals surface area contributed by atoms with Gasteiger partial charge in [-0.05, 0) is 81.9 Å². The second kappa shape index (κ2) is 10.8. The molecule has 0 atom stereocenters. The summed E-state index contributed by atoms with van der Waals surface area (Å²) in [5.74, 6) is 0.330. The number of likely N-dealkylation sites (tertiary alicyclic amines) is 1. The Morgan fingerprint density at radius 3 is 2.34 bits per heavy atom. The maximum Gasteiger partial charge on any atom is 0.243 e. The molecule has 0 spiro atoms. The van der Waals surface area contributed by atoms with Crippen LogP contribution in [0.5, 0.6) is 0 Å². The maximum absolute atomic E-state index is 12.7. The van der Waals surface area contributed by atoms with Crippen LogP contribution in [0.15, 0.2) is 29.2 Å². The molecule has 3 rings (SSSR count). The Morgan fingerprint density at radius 2 is 1.69 bits per heavy atom. The molecule has 2 fully saturated rings. The van der Waals surface area contributed by atoms with Crippen molar-refractivity contribution in [2.75, 3.05) is 39.3 Å². The first-order valence-electron chi connectivity index (χ1n) is 10.7. The van der Waals surface area contributed by atoms with Crippen LogP contribution in [0.3, 0.4) is 0 Å². The highest BCUT2D eigenvalue weighted by Gasteiger charge is 2.30. The standard InChI is InChI=1S/C21H32ClN3O3S/c22-19-5-7-20(8-6-19)29(27,28)25-15-9-18(10-16-25)17-21(26)23-11-4-14-24-12-2-1-3-13-24/h5-8,18H,1-4,9-17H2,(H,23,26). The van der Waals surface area contributed by atoms with Crippen molar-refractivity contribution < 1.29 is 13.2 Å². The second-order valence-electron chi connectivity index (χ2n) is 8.11. The van der Waals surface area contributed by atoms with E-state index in [1.54, 1.807) is 24.3 Å². The number of sulfonamides is 1. The summed E-state index contributed by atoms with van der Waals surface area (Å²) in [6.07, 6.45) is 6.83. The van der Waals surface area contributed by atoms with Crippen LogP contribution in [0.4, 0.5) is 0 Å². The van der Waals surface area contributed by atoms with Gasteiger partial charge in [-0.1, -0.05) is 18.0 Å². The molecule has 2 aliphatic heterocycles. The van der Waals surface area contributed by atoms with Crippen LogP contribution in [0.1, 0.15) is 44.9 Å². The number of nitrogens with one attached hydrogen (secondary N) is 1. The topological polar surface area (TPSA) is 69.7 Å². The number of carbonyl (C=O) groups excluding carboxylic acids is 1. The highest BCUT2D eigenvalue weighted by molar-refractivity contribution is 7.89. The van der Waals surface area contributed by atoms with Gasteiger partial charge >= 0.3 is 0 Å². The molecule has 2 aliphatic rings. The largest absolute Gasteiger partial charge is 0.356 e. The smallest absolute Gasteiger partial charge is 0.243 e. The molecule has 6 nitrogen and oxygen atoms in total. The second-order valence-corrected chi connectivity index (χ2v) is 10.5. The average Bonchev–Trinajstić information content (AvgIpc) is 2.73. The molecule has 8 heteroatoms. The van der Waals surface area contributed by atoms with E-state index >= 15 is 0 Å². The van der Waals surface area contributed by atoms with Crippen molar-refractivity contribution in [1.29, 1.82) is 0 Å². The fraction of sp³-hybridized carbons (Fsp3) is 0.667. The Morgan fingerprint density at radius 1 is 1.03 bits per heavy atom. The van der Waals surface area contributed by atoms with Crippen molar-refractivity contribution in [2.24, 2.45) is 5.92 Å². The Hall–Kier alpha value is -1.15. The number of nitrogens with zero attached hydrogens (tertiary/aromatic N) is 2. The molecule has 0 aliphatic carbocycles. The van der Waals surface area contributed by atoms with Gasteiger partial charge in [0.25, 0.3) is 0 Å². The molecule has 0 saturated carbocycles. The first-order valence-corrected chi connectivity index (χ1v) is 12.5. The number of halogens is 1. The van der Waals surface area contributed by atoms with Gasteiger partial charge in [-0.3, -0.25) is 4.79 Å². The van der Waals surface area contributed by atoms with E-state index in [0.29, 0.717) is 37.4 Å². The lowest BCUT2D eigenvalue weighted by molar-refractivity contribution is -0.122. The SMILES string of the molecule is O=C(CC1CCN(S(=O)(=O)c2ccc(Cl)cc2)CC1)NCCCN1CCCCC1. The summed E-state index contributed by atoms with van der Waals surface area (Å²) < 4.78 is 27.0. The molecular weight excluding hydrogens is 410 g/mol. The van der Waals surface area contributed by atoms with Crippen molar-refractivity contribution in [3.8, 4) is 0 Å². The third-order valence-electron chi connectivity index (χ3n) is 5.92. The molecule has 1 aromatic carbocycles. The average molecular weight is 442 g/mol. The predicted octanol–water partition coefficient (Wildman–Crippen LogP) is 3.12. The quantitative estimate of drug-likeness (QED) is 0.629. The van der Waals surface area contributed by atoms with Crippen LogP contribution in [0.25, 0.3) is 0 Å². The summed E-state index contributed by atoms with van der Waals surface area (Å²) in [6.45, 7) is 5.06. The van der Waals surface area contributed by atoms with Crippen molar-refractivity contribution in [3.63, 3.8) is 0 Å². The lowest BCUT2D eigenvalue weighted by Gasteiger charge is -2.31. The molecule has 0 radical (unpaired) electrons. The summed E-state index contributed by atoms with van der Waals surface area (Å²) in [5, 5.41) is 3.55. The Balaban J connectivity index is 1.35. The summed E-state index contributed by atoms with van der Waals surface area (Å²) in [5.41, 5.74) is 0. The van der Waals surface area contributed by atoms with E-state index in [-0.39, 0.29) is 16.7 Å². The van der Waals surface area contributed by atoms with E-state index < -0.39 is 10.0 Å². The third kappa shape index (κ3) is 6.67. The number of hydrogen-bond acceptors (Lipinski definition) is 4. The summed E-state index contributed by atoms with van der Waals surface area (Å²) in [7, 11) is -3.49. The number of hydrogen-bond donors (Lipinski definition) is 1. The molecule has 2 saturated heterocycles. The monoisotopic (exact) mass is 441 g/mol. The van der Waals surface area contributed by atoms with E-state index in [1.165, 1.54) is 36.7 Å². The Kier molecular flexibility index (Phi) is 8.35. The van der Waals surface area contributed by atoms with Crippen molar-refractivity contribution >= 4 is 27.5 Å². The van der Waals surface area contributed by atoms with Gasteiger partial charge in [-0.15, -0.1) is 0 Å².